The van der Waals surface area contributed by atoms with E-state index in [2.05, 4.69) is 49.2 Å². The Labute approximate surface area is 275 Å². The molecule has 0 saturated heterocycles. The lowest BCUT2D eigenvalue weighted by Crippen LogP contribution is -2.41. The van der Waals surface area contributed by atoms with Crippen LogP contribution in [0, 0.1) is 58.7 Å². The van der Waals surface area contributed by atoms with E-state index < -0.39 is 13.7 Å². The van der Waals surface area contributed by atoms with Crippen LogP contribution in [-0.4, -0.2) is 64.2 Å². The summed E-state index contributed by atoms with van der Waals surface area (Å²) in [5.41, 5.74) is -0.753. The smallest absolute Gasteiger partial charge is 0.309 e. The molecular weight excluding hydrogens is 605 g/mol. The molecule has 7 nitrogen and oxygen atoms in total. The monoisotopic (exact) mass is 658 g/mol. The Balaban J connectivity index is 1.02. The number of hydrogen-bond acceptors (Lipinski definition) is 8. The molecular formula is C36H54O7SSi. The topological polar surface area (TPSA) is 88.1 Å². The molecule has 0 N–H and O–H groups in total. The lowest BCUT2D eigenvalue weighted by Gasteiger charge is -2.33. The highest BCUT2D eigenvalue weighted by molar-refractivity contribution is 7.99. The highest BCUT2D eigenvalue weighted by Crippen LogP contribution is 2.53. The minimum Gasteiger partial charge on any atom is -0.465 e. The maximum absolute atomic E-state index is 13.5. The molecule has 9 heteroatoms. The molecule has 6 aliphatic carbocycles. The molecule has 10 unspecified atom stereocenters. The highest BCUT2D eigenvalue weighted by atomic mass is 32.2. The van der Waals surface area contributed by atoms with E-state index in [4.69, 9.17) is 18.6 Å². The van der Waals surface area contributed by atoms with Crippen LogP contribution in [0.1, 0.15) is 64.7 Å². The molecule has 10 atom stereocenters. The van der Waals surface area contributed by atoms with Crippen LogP contribution in [0.3, 0.4) is 0 Å². The Bertz CT molecular complexity index is 1120. The minimum atomic E-state index is -1.51. The van der Waals surface area contributed by atoms with Gasteiger partial charge in [0.2, 0.25) is 0 Å². The second-order valence-corrected chi connectivity index (χ2v) is 21.5. The number of carbonyl (C=O) groups excluding carboxylic acids is 3. The van der Waals surface area contributed by atoms with Crippen LogP contribution in [-0.2, 0) is 33.0 Å². The summed E-state index contributed by atoms with van der Waals surface area (Å²) in [6.07, 6.45) is 17.4. The van der Waals surface area contributed by atoms with E-state index in [0.29, 0.717) is 35.3 Å². The van der Waals surface area contributed by atoms with Gasteiger partial charge in [-0.05, 0) is 118 Å². The highest BCUT2D eigenvalue weighted by Gasteiger charge is 2.50. The van der Waals surface area contributed by atoms with Crippen LogP contribution in [0.25, 0.3) is 0 Å². The number of hydrogen-bond donors (Lipinski definition) is 0. The molecule has 0 aromatic carbocycles. The van der Waals surface area contributed by atoms with Crippen molar-refractivity contribution in [2.75, 3.05) is 32.7 Å². The van der Waals surface area contributed by atoms with Crippen LogP contribution in [0.4, 0.5) is 0 Å². The molecule has 0 heterocycles. The second kappa shape index (κ2) is 13.9. The predicted molar refractivity (Wildman–Crippen MR) is 178 cm³/mol. The lowest BCUT2D eigenvalue weighted by molar-refractivity contribution is -0.168. The number of ether oxygens (including phenoxy) is 3. The van der Waals surface area contributed by atoms with Gasteiger partial charge in [0.05, 0.1) is 23.2 Å². The summed E-state index contributed by atoms with van der Waals surface area (Å²) < 4.78 is 23.7. The molecule has 4 fully saturated rings. The first kappa shape index (κ1) is 33.3. The Hall–Kier alpha value is -1.58. The molecule has 0 aliphatic heterocycles. The zero-order chi connectivity index (χ0) is 31.8. The summed E-state index contributed by atoms with van der Waals surface area (Å²) in [6, 6.07) is 1.19. The predicted octanol–water partition coefficient (Wildman–Crippen LogP) is 6.83. The average Bonchev–Trinajstić information content (AvgIpc) is 3.90. The molecule has 0 spiro atoms. The third-order valence-electron chi connectivity index (χ3n) is 12.4. The van der Waals surface area contributed by atoms with Crippen molar-refractivity contribution in [2.45, 2.75) is 89.1 Å². The Morgan fingerprint density at radius 3 is 1.71 bits per heavy atom. The molecule has 45 heavy (non-hydrogen) atoms. The normalized spacial score (nSPS) is 36.9. The van der Waals surface area contributed by atoms with Gasteiger partial charge in [-0.1, -0.05) is 31.2 Å². The first-order valence-electron chi connectivity index (χ1n) is 17.6. The van der Waals surface area contributed by atoms with Gasteiger partial charge in [0.15, 0.2) is 8.32 Å². The van der Waals surface area contributed by atoms with E-state index in [1.807, 2.05) is 14.0 Å². The largest absolute Gasteiger partial charge is 0.465 e. The fraction of sp³-hybridized carbons (Fsp3) is 0.806. The van der Waals surface area contributed by atoms with Gasteiger partial charge in [-0.2, -0.15) is 11.8 Å². The van der Waals surface area contributed by atoms with Gasteiger partial charge in [-0.25, -0.2) is 0 Å². The van der Waals surface area contributed by atoms with Gasteiger partial charge in [0.25, 0.3) is 0 Å². The van der Waals surface area contributed by atoms with Crippen LogP contribution >= 0.6 is 11.8 Å². The van der Waals surface area contributed by atoms with E-state index in [0.717, 1.165) is 50.7 Å². The number of allylic oxidation sites excluding steroid dienone is 4. The molecule has 0 aromatic rings. The summed E-state index contributed by atoms with van der Waals surface area (Å²) in [4.78, 5) is 39.8. The van der Waals surface area contributed by atoms with Crippen LogP contribution in [0.15, 0.2) is 24.3 Å². The molecule has 0 radical (unpaired) electrons. The zero-order valence-electron chi connectivity index (χ0n) is 27.7. The van der Waals surface area contributed by atoms with Crippen LogP contribution in [0.5, 0.6) is 0 Å². The molecule has 0 amide bonds. The third kappa shape index (κ3) is 7.45. The minimum absolute atomic E-state index is 0.0620. The maximum Gasteiger partial charge on any atom is 0.309 e. The number of fused-ring (bicyclic) bond motifs is 6. The molecule has 4 saturated carbocycles. The first-order chi connectivity index (χ1) is 21.6. The number of rotatable bonds is 16. The Morgan fingerprint density at radius 1 is 0.733 bits per heavy atom. The van der Waals surface area contributed by atoms with Crippen molar-refractivity contribution in [2.24, 2.45) is 58.7 Å². The molecule has 6 bridgehead atoms. The van der Waals surface area contributed by atoms with Gasteiger partial charge in [0.1, 0.15) is 19.8 Å². The number of carbonyl (C=O) groups is 3. The zero-order valence-corrected chi connectivity index (χ0v) is 29.6. The summed E-state index contributed by atoms with van der Waals surface area (Å²) in [5, 5.41) is 0.640. The van der Waals surface area contributed by atoms with E-state index in [-0.39, 0.29) is 67.3 Å². The standard InChI is InChI=1S/C36H54O7SSi/c1-5-36(20-41-33(37)29-15-23-7-9-25(29)13-23,21-42-34(38)30-16-24-8-10-26(30)14-24)22-43-35(39)31-18-28-17-27(31)19-32(28)44-11-6-12-45(3,4)40-2/h7-10,23-32H,5-6,11-22H2,1-4H3. The Morgan fingerprint density at radius 2 is 1.29 bits per heavy atom. The van der Waals surface area contributed by atoms with Crippen molar-refractivity contribution in [3.05, 3.63) is 24.3 Å². The summed E-state index contributed by atoms with van der Waals surface area (Å²) in [5.74, 6) is 2.85. The van der Waals surface area contributed by atoms with Crippen LogP contribution in [0.2, 0.25) is 19.1 Å². The van der Waals surface area contributed by atoms with Gasteiger partial charge in [0, 0.05) is 12.4 Å². The van der Waals surface area contributed by atoms with Crippen molar-refractivity contribution < 1.29 is 33.0 Å². The molecule has 6 aliphatic rings. The van der Waals surface area contributed by atoms with Crippen molar-refractivity contribution in [1.82, 2.24) is 0 Å². The Kier molecular flexibility index (Phi) is 10.3. The van der Waals surface area contributed by atoms with E-state index in [1.54, 1.807) is 0 Å². The van der Waals surface area contributed by atoms with Gasteiger partial charge in [-0.15, -0.1) is 0 Å². The van der Waals surface area contributed by atoms with E-state index in [1.165, 1.54) is 12.5 Å². The van der Waals surface area contributed by atoms with E-state index >= 15 is 0 Å². The molecule has 0 aromatic heterocycles. The van der Waals surface area contributed by atoms with Gasteiger partial charge < -0.3 is 18.6 Å². The fourth-order valence-electron chi connectivity index (χ4n) is 9.08. The first-order valence-corrected chi connectivity index (χ1v) is 21.8. The van der Waals surface area contributed by atoms with Crippen molar-refractivity contribution in [1.29, 1.82) is 0 Å². The molecule has 250 valence electrons. The summed E-state index contributed by atoms with van der Waals surface area (Å²) in [6.45, 7) is 6.84. The average molecular weight is 659 g/mol. The summed E-state index contributed by atoms with van der Waals surface area (Å²) >= 11 is 2.09. The number of esters is 3. The van der Waals surface area contributed by atoms with Gasteiger partial charge >= 0.3 is 17.9 Å². The van der Waals surface area contributed by atoms with Gasteiger partial charge in [-0.3, -0.25) is 14.4 Å². The second-order valence-electron chi connectivity index (χ2n) is 15.8. The molecule has 6 rings (SSSR count). The van der Waals surface area contributed by atoms with Crippen molar-refractivity contribution >= 4 is 38.0 Å². The summed E-state index contributed by atoms with van der Waals surface area (Å²) in [7, 11) is 0.335. The van der Waals surface area contributed by atoms with Crippen molar-refractivity contribution in [3.63, 3.8) is 0 Å². The SMILES string of the molecule is CCC(COC(=O)C1CC2C=CC1C2)(COC(=O)C1CC2C=CC1C2)COC(=O)C1CC2CC1CC2SCCC[Si](C)(C)OC. The lowest BCUT2D eigenvalue weighted by atomic mass is 9.86. The van der Waals surface area contributed by atoms with E-state index in [9.17, 15) is 14.4 Å². The third-order valence-corrected chi connectivity index (χ3v) is 16.6. The fourth-order valence-corrected chi connectivity index (χ4v) is 12.1. The van der Waals surface area contributed by atoms with Crippen molar-refractivity contribution in [3.8, 4) is 0 Å². The van der Waals surface area contributed by atoms with Crippen LogP contribution < -0.4 is 0 Å². The maximum atomic E-state index is 13.5. The number of thioether (sulfide) groups is 1. The quantitative estimate of drug-likeness (QED) is 0.0587.